The van der Waals surface area contributed by atoms with Crippen molar-refractivity contribution in [2.75, 3.05) is 5.32 Å². The maximum absolute atomic E-state index is 10.8. The summed E-state index contributed by atoms with van der Waals surface area (Å²) in [5, 5.41) is 6.60. The van der Waals surface area contributed by atoms with Crippen LogP contribution in [0.1, 0.15) is 13.3 Å². The van der Waals surface area contributed by atoms with Crippen molar-refractivity contribution >= 4 is 11.6 Å². The van der Waals surface area contributed by atoms with Gasteiger partial charge in [0, 0.05) is 19.7 Å². The van der Waals surface area contributed by atoms with E-state index < -0.39 is 0 Å². The molecule has 1 aromatic heterocycles. The molecule has 0 saturated carbocycles. The summed E-state index contributed by atoms with van der Waals surface area (Å²) in [7, 11) is 1.81. The molecular weight excluding hydrogens is 142 g/mol. The van der Waals surface area contributed by atoms with Crippen LogP contribution in [0.25, 0.3) is 0 Å². The van der Waals surface area contributed by atoms with E-state index in [1.54, 1.807) is 17.1 Å². The minimum Gasteiger partial charge on any atom is -0.323 e. The first-order valence-electron chi connectivity index (χ1n) is 3.51. The summed E-state index contributed by atoms with van der Waals surface area (Å²) in [4.78, 5) is 10.8. The number of aryl methyl sites for hydroxylation is 1. The molecule has 1 amide bonds. The molecule has 1 N–H and O–H groups in total. The predicted octanol–water partition coefficient (Wildman–Crippen LogP) is 0.769. The summed E-state index contributed by atoms with van der Waals surface area (Å²) in [6.45, 7) is 1.81. The highest BCUT2D eigenvalue weighted by atomic mass is 16.1. The van der Waals surface area contributed by atoms with Gasteiger partial charge < -0.3 is 5.32 Å². The fourth-order valence-electron chi connectivity index (χ4n) is 0.735. The second-order valence-corrected chi connectivity index (χ2v) is 2.30. The van der Waals surface area contributed by atoms with E-state index in [-0.39, 0.29) is 5.91 Å². The van der Waals surface area contributed by atoms with E-state index in [9.17, 15) is 4.79 Å². The van der Waals surface area contributed by atoms with Crippen molar-refractivity contribution in [3.8, 4) is 0 Å². The van der Waals surface area contributed by atoms with Gasteiger partial charge in [0.2, 0.25) is 5.91 Å². The molecule has 0 fully saturated rings. The second-order valence-electron chi connectivity index (χ2n) is 2.30. The highest BCUT2D eigenvalue weighted by molar-refractivity contribution is 5.90. The maximum Gasteiger partial charge on any atom is 0.224 e. The zero-order valence-electron chi connectivity index (χ0n) is 6.66. The molecule has 60 valence electrons. The van der Waals surface area contributed by atoms with Crippen molar-refractivity contribution in [1.29, 1.82) is 0 Å². The number of anilines is 1. The zero-order chi connectivity index (χ0) is 8.27. The number of amides is 1. The normalized spacial score (nSPS) is 9.64. The van der Waals surface area contributed by atoms with E-state index >= 15 is 0 Å². The minimum absolute atomic E-state index is 0.0120. The van der Waals surface area contributed by atoms with Crippen LogP contribution in [-0.2, 0) is 11.8 Å². The fraction of sp³-hybridized carbons (Fsp3) is 0.429. The molecule has 0 aliphatic heterocycles. The Morgan fingerprint density at radius 2 is 2.55 bits per heavy atom. The van der Waals surface area contributed by atoms with E-state index in [4.69, 9.17) is 0 Å². The van der Waals surface area contributed by atoms with Crippen LogP contribution in [0.3, 0.4) is 0 Å². The van der Waals surface area contributed by atoms with Crippen molar-refractivity contribution in [3.05, 3.63) is 12.4 Å². The van der Waals surface area contributed by atoms with Gasteiger partial charge >= 0.3 is 0 Å². The molecule has 0 unspecified atom stereocenters. The third-order valence-corrected chi connectivity index (χ3v) is 1.31. The summed E-state index contributed by atoms with van der Waals surface area (Å²) in [6, 6.07) is 0. The fourth-order valence-corrected chi connectivity index (χ4v) is 0.735. The zero-order valence-corrected chi connectivity index (χ0v) is 6.66. The standard InChI is InChI=1S/C7H11N3O/c1-3-7(11)9-6-4-8-10(2)5-6/h4-5H,3H2,1-2H3,(H,9,11). The lowest BCUT2D eigenvalue weighted by molar-refractivity contribution is -0.115. The maximum atomic E-state index is 10.8. The molecule has 0 aliphatic carbocycles. The molecule has 1 rings (SSSR count). The van der Waals surface area contributed by atoms with Crippen LogP contribution < -0.4 is 5.32 Å². The van der Waals surface area contributed by atoms with Gasteiger partial charge in [0.05, 0.1) is 11.9 Å². The first kappa shape index (κ1) is 7.78. The monoisotopic (exact) mass is 153 g/mol. The first-order valence-corrected chi connectivity index (χ1v) is 3.51. The average molecular weight is 153 g/mol. The first-order chi connectivity index (χ1) is 5.22. The van der Waals surface area contributed by atoms with Gasteiger partial charge in [0.1, 0.15) is 0 Å². The van der Waals surface area contributed by atoms with Crippen LogP contribution in [0, 0.1) is 0 Å². The van der Waals surface area contributed by atoms with Crippen LogP contribution in [0.15, 0.2) is 12.4 Å². The number of aromatic nitrogens is 2. The third kappa shape index (κ3) is 2.07. The van der Waals surface area contributed by atoms with Crippen LogP contribution >= 0.6 is 0 Å². The Morgan fingerprint density at radius 1 is 1.82 bits per heavy atom. The molecule has 1 aromatic rings. The molecule has 0 atom stereocenters. The Balaban J connectivity index is 2.57. The summed E-state index contributed by atoms with van der Waals surface area (Å²) in [5.74, 6) is 0.0120. The summed E-state index contributed by atoms with van der Waals surface area (Å²) < 4.78 is 1.64. The highest BCUT2D eigenvalue weighted by Gasteiger charge is 1.98. The Kier molecular flexibility index (Phi) is 2.25. The number of carbonyl (C=O) groups is 1. The molecule has 0 bridgehead atoms. The van der Waals surface area contributed by atoms with Crippen LogP contribution in [0.2, 0.25) is 0 Å². The van der Waals surface area contributed by atoms with Crippen molar-refractivity contribution < 1.29 is 4.79 Å². The van der Waals surface area contributed by atoms with E-state index in [0.29, 0.717) is 6.42 Å². The number of nitrogens with zero attached hydrogens (tertiary/aromatic N) is 2. The lowest BCUT2D eigenvalue weighted by Gasteiger charge is -1.96. The molecule has 4 nitrogen and oxygen atoms in total. The van der Waals surface area contributed by atoms with Crippen LogP contribution in [0.5, 0.6) is 0 Å². The molecule has 0 aromatic carbocycles. The predicted molar refractivity (Wildman–Crippen MR) is 42.1 cm³/mol. The summed E-state index contributed by atoms with van der Waals surface area (Å²) in [6.07, 6.45) is 3.87. The minimum atomic E-state index is 0.0120. The van der Waals surface area contributed by atoms with Gasteiger partial charge in [-0.3, -0.25) is 9.48 Å². The van der Waals surface area contributed by atoms with Gasteiger partial charge in [-0.1, -0.05) is 6.92 Å². The van der Waals surface area contributed by atoms with Crippen molar-refractivity contribution in [2.45, 2.75) is 13.3 Å². The Hall–Kier alpha value is -1.32. The highest BCUT2D eigenvalue weighted by Crippen LogP contribution is 2.02. The summed E-state index contributed by atoms with van der Waals surface area (Å²) >= 11 is 0. The largest absolute Gasteiger partial charge is 0.323 e. The Morgan fingerprint density at radius 3 is 3.00 bits per heavy atom. The molecule has 0 radical (unpaired) electrons. The average Bonchev–Trinajstić information content (AvgIpc) is 2.35. The Bertz CT molecular complexity index is 254. The van der Waals surface area contributed by atoms with Gasteiger partial charge in [-0.05, 0) is 0 Å². The number of rotatable bonds is 2. The number of nitrogens with one attached hydrogen (secondary N) is 1. The SMILES string of the molecule is CCC(=O)Nc1cnn(C)c1. The number of hydrogen-bond donors (Lipinski definition) is 1. The van der Waals surface area contributed by atoms with E-state index in [0.717, 1.165) is 5.69 Å². The van der Waals surface area contributed by atoms with Crippen LogP contribution in [-0.4, -0.2) is 15.7 Å². The van der Waals surface area contributed by atoms with Gasteiger partial charge in [-0.15, -0.1) is 0 Å². The topological polar surface area (TPSA) is 46.9 Å². The number of carbonyl (C=O) groups excluding carboxylic acids is 1. The van der Waals surface area contributed by atoms with Crippen molar-refractivity contribution in [1.82, 2.24) is 9.78 Å². The van der Waals surface area contributed by atoms with Crippen LogP contribution in [0.4, 0.5) is 5.69 Å². The van der Waals surface area contributed by atoms with Gasteiger partial charge in [-0.25, -0.2) is 0 Å². The third-order valence-electron chi connectivity index (χ3n) is 1.31. The number of hydrogen-bond acceptors (Lipinski definition) is 2. The molecule has 0 saturated heterocycles. The lowest BCUT2D eigenvalue weighted by atomic mass is 10.4. The molecule has 0 spiro atoms. The molecule has 1 heterocycles. The van der Waals surface area contributed by atoms with E-state index in [1.165, 1.54) is 0 Å². The molecular formula is C7H11N3O. The van der Waals surface area contributed by atoms with E-state index in [1.807, 2.05) is 14.0 Å². The Labute approximate surface area is 65.2 Å². The molecule has 11 heavy (non-hydrogen) atoms. The van der Waals surface area contributed by atoms with Gasteiger partial charge in [-0.2, -0.15) is 5.10 Å². The second kappa shape index (κ2) is 3.18. The molecule has 0 aliphatic rings. The quantitative estimate of drug-likeness (QED) is 0.682. The summed E-state index contributed by atoms with van der Waals surface area (Å²) in [5.41, 5.74) is 0.749. The lowest BCUT2D eigenvalue weighted by Crippen LogP contribution is -2.08. The van der Waals surface area contributed by atoms with Crippen molar-refractivity contribution in [2.24, 2.45) is 7.05 Å². The van der Waals surface area contributed by atoms with E-state index in [2.05, 4.69) is 10.4 Å². The smallest absolute Gasteiger partial charge is 0.224 e. The van der Waals surface area contributed by atoms with Gasteiger partial charge in [0.15, 0.2) is 0 Å². The van der Waals surface area contributed by atoms with Gasteiger partial charge in [0.25, 0.3) is 0 Å². The molecule has 4 heteroatoms. The van der Waals surface area contributed by atoms with Crippen molar-refractivity contribution in [3.63, 3.8) is 0 Å².